The number of halogens is 1. The predicted molar refractivity (Wildman–Crippen MR) is 111 cm³/mol. The molecule has 7 nitrogen and oxygen atoms in total. The lowest BCUT2D eigenvalue weighted by Crippen LogP contribution is -2.48. The summed E-state index contributed by atoms with van der Waals surface area (Å²) in [6.07, 6.45) is 2.09. The molecule has 0 unspecified atom stereocenters. The fraction of sp³-hybridized carbons (Fsp3) is 0.706. The van der Waals surface area contributed by atoms with E-state index in [4.69, 9.17) is 4.52 Å². The van der Waals surface area contributed by atoms with Crippen molar-refractivity contribution in [1.29, 1.82) is 0 Å². The fourth-order valence-corrected chi connectivity index (χ4v) is 2.33. The van der Waals surface area contributed by atoms with Crippen LogP contribution in [0.4, 0.5) is 0 Å². The third kappa shape index (κ3) is 9.08. The third-order valence-corrected chi connectivity index (χ3v) is 3.57. The van der Waals surface area contributed by atoms with Crippen LogP contribution in [-0.2, 0) is 11.3 Å². The Balaban J connectivity index is 0.00000576. The molecule has 0 aromatic carbocycles. The van der Waals surface area contributed by atoms with E-state index in [0.29, 0.717) is 18.4 Å². The molecular formula is C17H32IN5O2. The Morgan fingerprint density at radius 1 is 1.28 bits per heavy atom. The zero-order valence-electron chi connectivity index (χ0n) is 16.1. The van der Waals surface area contributed by atoms with E-state index in [1.165, 1.54) is 0 Å². The summed E-state index contributed by atoms with van der Waals surface area (Å²) in [5, 5.41) is 13.1. The molecule has 8 heteroatoms. The first kappa shape index (κ1) is 23.7. The lowest BCUT2D eigenvalue weighted by atomic mass is 9.99. The molecule has 144 valence electrons. The minimum Gasteiger partial charge on any atom is -0.359 e. The van der Waals surface area contributed by atoms with Crippen molar-refractivity contribution in [3.05, 3.63) is 17.5 Å². The van der Waals surface area contributed by atoms with Gasteiger partial charge in [0, 0.05) is 24.6 Å². The van der Waals surface area contributed by atoms with Crippen molar-refractivity contribution in [2.24, 2.45) is 4.99 Å². The standard InChI is InChI=1S/C17H31N5O2.HI/c1-7-12(8-2)14-9-13(24-22-14)10-19-16(18-6)20-11-15(23)21-17(3,4)5;/h9,12H,7-8,10-11H2,1-6H3,(H,21,23)(H2,18,19,20);1H. The molecule has 1 amide bonds. The molecule has 1 aromatic rings. The van der Waals surface area contributed by atoms with Crippen LogP contribution in [0.15, 0.2) is 15.6 Å². The number of carbonyl (C=O) groups excluding carboxylic acids is 1. The van der Waals surface area contributed by atoms with E-state index in [0.717, 1.165) is 24.3 Å². The van der Waals surface area contributed by atoms with Crippen molar-refractivity contribution >= 4 is 35.8 Å². The molecular weight excluding hydrogens is 433 g/mol. The van der Waals surface area contributed by atoms with E-state index in [1.54, 1.807) is 7.05 Å². The normalized spacial score (nSPS) is 11.9. The second-order valence-corrected chi connectivity index (χ2v) is 6.81. The minimum atomic E-state index is -0.249. The number of nitrogens with one attached hydrogen (secondary N) is 3. The highest BCUT2D eigenvalue weighted by atomic mass is 127. The summed E-state index contributed by atoms with van der Waals surface area (Å²) in [6.45, 7) is 10.8. The number of amides is 1. The zero-order chi connectivity index (χ0) is 18.2. The molecule has 0 spiro atoms. The molecule has 0 saturated carbocycles. The molecule has 1 aromatic heterocycles. The van der Waals surface area contributed by atoms with Gasteiger partial charge in [-0.25, -0.2) is 0 Å². The SMILES string of the molecule is CCC(CC)c1cc(CNC(=NC)NCC(=O)NC(C)(C)C)on1.I. The molecule has 0 aliphatic rings. The largest absolute Gasteiger partial charge is 0.359 e. The second-order valence-electron chi connectivity index (χ2n) is 6.81. The molecule has 1 rings (SSSR count). The van der Waals surface area contributed by atoms with Gasteiger partial charge in [0.15, 0.2) is 11.7 Å². The van der Waals surface area contributed by atoms with Gasteiger partial charge < -0.3 is 20.5 Å². The summed E-state index contributed by atoms with van der Waals surface area (Å²) in [5.74, 6) is 1.64. The molecule has 0 aliphatic heterocycles. The van der Waals surface area contributed by atoms with Crippen molar-refractivity contribution in [3.63, 3.8) is 0 Å². The molecule has 0 bridgehead atoms. The molecule has 0 saturated heterocycles. The lowest BCUT2D eigenvalue weighted by molar-refractivity contribution is -0.121. The van der Waals surface area contributed by atoms with Crippen molar-refractivity contribution in [2.45, 2.75) is 65.5 Å². The highest BCUT2D eigenvalue weighted by Crippen LogP contribution is 2.22. The van der Waals surface area contributed by atoms with Crippen molar-refractivity contribution in [3.8, 4) is 0 Å². The molecule has 0 aliphatic carbocycles. The van der Waals surface area contributed by atoms with E-state index in [-0.39, 0.29) is 42.0 Å². The van der Waals surface area contributed by atoms with Crippen LogP contribution in [0, 0.1) is 0 Å². The average molecular weight is 465 g/mol. The average Bonchev–Trinajstić information content (AvgIpc) is 2.95. The number of aromatic nitrogens is 1. The molecule has 0 radical (unpaired) electrons. The van der Waals surface area contributed by atoms with Gasteiger partial charge in [0.05, 0.1) is 18.8 Å². The Morgan fingerprint density at radius 3 is 2.44 bits per heavy atom. The first-order valence-electron chi connectivity index (χ1n) is 8.50. The summed E-state index contributed by atoms with van der Waals surface area (Å²) in [4.78, 5) is 15.9. The molecule has 1 heterocycles. The van der Waals surface area contributed by atoms with E-state index in [1.807, 2.05) is 26.8 Å². The smallest absolute Gasteiger partial charge is 0.239 e. The Labute approximate surface area is 167 Å². The van der Waals surface area contributed by atoms with Crippen molar-refractivity contribution in [2.75, 3.05) is 13.6 Å². The Bertz CT molecular complexity index is 547. The van der Waals surface area contributed by atoms with Crippen LogP contribution in [0.1, 0.15) is 64.8 Å². The Hall–Kier alpha value is -1.32. The van der Waals surface area contributed by atoms with Gasteiger partial charge in [0.25, 0.3) is 0 Å². The predicted octanol–water partition coefficient (Wildman–Crippen LogP) is 2.78. The van der Waals surface area contributed by atoms with E-state index < -0.39 is 0 Å². The summed E-state index contributed by atoms with van der Waals surface area (Å²) >= 11 is 0. The summed E-state index contributed by atoms with van der Waals surface area (Å²) in [7, 11) is 1.66. The number of hydrogen-bond acceptors (Lipinski definition) is 4. The van der Waals surface area contributed by atoms with Crippen LogP contribution in [0.3, 0.4) is 0 Å². The Kier molecular flexibility index (Phi) is 10.7. The van der Waals surface area contributed by atoms with E-state index in [9.17, 15) is 4.79 Å². The maximum Gasteiger partial charge on any atom is 0.239 e. The summed E-state index contributed by atoms with van der Waals surface area (Å²) < 4.78 is 5.36. The maximum absolute atomic E-state index is 11.8. The van der Waals surface area contributed by atoms with Gasteiger partial charge in [-0.3, -0.25) is 9.79 Å². The fourth-order valence-electron chi connectivity index (χ4n) is 2.33. The first-order valence-corrected chi connectivity index (χ1v) is 8.50. The summed E-state index contributed by atoms with van der Waals surface area (Å²) in [6, 6.07) is 1.98. The van der Waals surface area contributed by atoms with Gasteiger partial charge in [-0.05, 0) is 33.6 Å². The molecule has 3 N–H and O–H groups in total. The molecule has 0 atom stereocenters. The molecule has 0 fully saturated rings. The van der Waals surface area contributed by atoms with Crippen LogP contribution in [0.5, 0.6) is 0 Å². The highest BCUT2D eigenvalue weighted by molar-refractivity contribution is 14.0. The third-order valence-electron chi connectivity index (χ3n) is 3.57. The van der Waals surface area contributed by atoms with Crippen molar-refractivity contribution < 1.29 is 9.32 Å². The number of guanidine groups is 1. The Morgan fingerprint density at radius 2 is 1.92 bits per heavy atom. The van der Waals surface area contributed by atoms with Crippen LogP contribution >= 0.6 is 24.0 Å². The van der Waals surface area contributed by atoms with Gasteiger partial charge in [-0.1, -0.05) is 19.0 Å². The van der Waals surface area contributed by atoms with Crippen LogP contribution in [-0.4, -0.2) is 36.2 Å². The number of rotatable bonds is 7. The summed E-state index contributed by atoms with van der Waals surface area (Å²) in [5.41, 5.74) is 0.741. The quantitative estimate of drug-likeness (QED) is 0.327. The van der Waals surface area contributed by atoms with Crippen molar-refractivity contribution in [1.82, 2.24) is 21.1 Å². The second kappa shape index (κ2) is 11.3. The number of aliphatic imine (C=N–C) groups is 1. The highest BCUT2D eigenvalue weighted by Gasteiger charge is 2.15. The van der Waals surface area contributed by atoms with Gasteiger partial charge in [-0.15, -0.1) is 24.0 Å². The van der Waals surface area contributed by atoms with Crippen LogP contribution in [0.2, 0.25) is 0 Å². The number of hydrogen-bond donors (Lipinski definition) is 3. The minimum absolute atomic E-state index is 0. The van der Waals surface area contributed by atoms with E-state index >= 15 is 0 Å². The number of nitrogens with zero attached hydrogens (tertiary/aromatic N) is 2. The molecule has 25 heavy (non-hydrogen) atoms. The van der Waals surface area contributed by atoms with Gasteiger partial charge >= 0.3 is 0 Å². The maximum atomic E-state index is 11.8. The number of carbonyl (C=O) groups is 1. The zero-order valence-corrected chi connectivity index (χ0v) is 18.4. The van der Waals surface area contributed by atoms with Gasteiger partial charge in [0.1, 0.15) is 0 Å². The topological polar surface area (TPSA) is 91.5 Å². The van der Waals surface area contributed by atoms with E-state index in [2.05, 4.69) is 39.9 Å². The van der Waals surface area contributed by atoms with Crippen LogP contribution in [0.25, 0.3) is 0 Å². The first-order chi connectivity index (χ1) is 11.3. The lowest BCUT2D eigenvalue weighted by Gasteiger charge is -2.21. The van der Waals surface area contributed by atoms with Crippen LogP contribution < -0.4 is 16.0 Å². The van der Waals surface area contributed by atoms with Gasteiger partial charge in [-0.2, -0.15) is 0 Å². The monoisotopic (exact) mass is 465 g/mol. The van der Waals surface area contributed by atoms with Gasteiger partial charge in [0.2, 0.25) is 5.91 Å².